The second-order valence-corrected chi connectivity index (χ2v) is 4.57. The predicted molar refractivity (Wildman–Crippen MR) is 76.2 cm³/mol. The van der Waals surface area contributed by atoms with E-state index in [9.17, 15) is 4.39 Å². The third-order valence-electron chi connectivity index (χ3n) is 2.97. The minimum Gasteiger partial charge on any atom is -0.497 e. The van der Waals surface area contributed by atoms with E-state index in [4.69, 9.17) is 4.74 Å². The standard InChI is InChI=1S/C16H18FNO/c1-12(10-13-6-3-4-9-16(13)17)18-14-7-5-8-15(11-14)19-2/h3-9,11-12,18H,10H2,1-2H3. The van der Waals surface area contributed by atoms with Gasteiger partial charge in [0.2, 0.25) is 0 Å². The van der Waals surface area contributed by atoms with Gasteiger partial charge in [0.25, 0.3) is 0 Å². The summed E-state index contributed by atoms with van der Waals surface area (Å²) in [6, 6.07) is 14.7. The fraction of sp³-hybridized carbons (Fsp3) is 0.250. The van der Waals surface area contributed by atoms with Gasteiger partial charge in [-0.2, -0.15) is 0 Å². The molecule has 0 heterocycles. The van der Waals surface area contributed by atoms with E-state index in [2.05, 4.69) is 5.32 Å². The summed E-state index contributed by atoms with van der Waals surface area (Å²) in [7, 11) is 1.64. The van der Waals surface area contributed by atoms with Gasteiger partial charge in [0.05, 0.1) is 7.11 Å². The molecule has 0 radical (unpaired) electrons. The Morgan fingerprint density at radius 3 is 2.68 bits per heavy atom. The van der Waals surface area contributed by atoms with Crippen LogP contribution in [0.25, 0.3) is 0 Å². The quantitative estimate of drug-likeness (QED) is 0.880. The van der Waals surface area contributed by atoms with Crippen molar-refractivity contribution >= 4 is 5.69 Å². The van der Waals surface area contributed by atoms with E-state index in [1.807, 2.05) is 43.3 Å². The Kier molecular flexibility index (Phi) is 4.39. The fourth-order valence-corrected chi connectivity index (χ4v) is 2.04. The van der Waals surface area contributed by atoms with Crippen LogP contribution >= 0.6 is 0 Å². The van der Waals surface area contributed by atoms with Crippen LogP contribution in [-0.2, 0) is 6.42 Å². The molecular weight excluding hydrogens is 241 g/mol. The second kappa shape index (κ2) is 6.23. The van der Waals surface area contributed by atoms with E-state index in [1.165, 1.54) is 6.07 Å². The molecule has 2 rings (SSSR count). The van der Waals surface area contributed by atoms with Crippen LogP contribution in [0.3, 0.4) is 0 Å². The van der Waals surface area contributed by atoms with Crippen molar-refractivity contribution in [2.24, 2.45) is 0 Å². The van der Waals surface area contributed by atoms with E-state index >= 15 is 0 Å². The Labute approximate surface area is 113 Å². The van der Waals surface area contributed by atoms with E-state index in [0.29, 0.717) is 6.42 Å². The van der Waals surface area contributed by atoms with Crippen molar-refractivity contribution in [2.45, 2.75) is 19.4 Å². The largest absolute Gasteiger partial charge is 0.497 e. The molecule has 1 atom stereocenters. The molecule has 3 heteroatoms. The van der Waals surface area contributed by atoms with Gasteiger partial charge in [0, 0.05) is 17.8 Å². The highest BCUT2D eigenvalue weighted by Crippen LogP contribution is 2.18. The van der Waals surface area contributed by atoms with Gasteiger partial charge in [-0.15, -0.1) is 0 Å². The zero-order chi connectivity index (χ0) is 13.7. The van der Waals surface area contributed by atoms with Crippen LogP contribution in [0.1, 0.15) is 12.5 Å². The molecule has 0 bridgehead atoms. The summed E-state index contributed by atoms with van der Waals surface area (Å²) in [5.74, 6) is 0.657. The van der Waals surface area contributed by atoms with Gasteiger partial charge >= 0.3 is 0 Å². The molecule has 2 nitrogen and oxygen atoms in total. The molecule has 0 aromatic heterocycles. The van der Waals surface area contributed by atoms with Gasteiger partial charge in [-0.3, -0.25) is 0 Å². The minimum atomic E-state index is -0.151. The number of methoxy groups -OCH3 is 1. The van der Waals surface area contributed by atoms with Crippen molar-refractivity contribution in [3.05, 3.63) is 59.9 Å². The topological polar surface area (TPSA) is 21.3 Å². The molecular formula is C16H18FNO. The smallest absolute Gasteiger partial charge is 0.126 e. The lowest BCUT2D eigenvalue weighted by atomic mass is 10.1. The van der Waals surface area contributed by atoms with Crippen LogP contribution in [-0.4, -0.2) is 13.2 Å². The number of hydrogen-bond donors (Lipinski definition) is 1. The summed E-state index contributed by atoms with van der Waals surface area (Å²) in [5, 5.41) is 3.35. The van der Waals surface area contributed by atoms with Crippen LogP contribution in [0, 0.1) is 5.82 Å². The van der Waals surface area contributed by atoms with Gasteiger partial charge in [-0.25, -0.2) is 4.39 Å². The maximum Gasteiger partial charge on any atom is 0.126 e. The molecule has 1 N–H and O–H groups in total. The fourth-order valence-electron chi connectivity index (χ4n) is 2.04. The zero-order valence-electron chi connectivity index (χ0n) is 11.2. The molecule has 0 saturated carbocycles. The summed E-state index contributed by atoms with van der Waals surface area (Å²) in [5.41, 5.74) is 1.70. The highest BCUT2D eigenvalue weighted by atomic mass is 19.1. The second-order valence-electron chi connectivity index (χ2n) is 4.57. The normalized spacial score (nSPS) is 11.9. The molecule has 100 valence electrons. The molecule has 0 spiro atoms. The first kappa shape index (κ1) is 13.4. The van der Waals surface area contributed by atoms with Gasteiger partial charge in [-0.1, -0.05) is 24.3 Å². The summed E-state index contributed by atoms with van der Waals surface area (Å²) >= 11 is 0. The van der Waals surface area contributed by atoms with Gasteiger partial charge < -0.3 is 10.1 Å². The van der Waals surface area contributed by atoms with Crippen LogP contribution in [0.4, 0.5) is 10.1 Å². The third kappa shape index (κ3) is 3.71. The Hall–Kier alpha value is -2.03. The SMILES string of the molecule is COc1cccc(NC(C)Cc2ccccc2F)c1. The molecule has 0 aliphatic carbocycles. The first-order valence-corrected chi connectivity index (χ1v) is 6.33. The van der Waals surface area contributed by atoms with Crippen molar-refractivity contribution in [1.29, 1.82) is 0 Å². The molecule has 0 aliphatic heterocycles. The molecule has 1 unspecified atom stereocenters. The van der Waals surface area contributed by atoms with Crippen LogP contribution in [0.2, 0.25) is 0 Å². The first-order valence-electron chi connectivity index (χ1n) is 6.33. The summed E-state index contributed by atoms with van der Waals surface area (Å²) < 4.78 is 18.7. The van der Waals surface area contributed by atoms with E-state index in [-0.39, 0.29) is 11.9 Å². The van der Waals surface area contributed by atoms with E-state index < -0.39 is 0 Å². The van der Waals surface area contributed by atoms with Crippen molar-refractivity contribution < 1.29 is 9.13 Å². The highest BCUT2D eigenvalue weighted by Gasteiger charge is 2.07. The van der Waals surface area contributed by atoms with E-state index in [0.717, 1.165) is 17.0 Å². The van der Waals surface area contributed by atoms with Gasteiger partial charge in [0.15, 0.2) is 0 Å². The summed E-state index contributed by atoms with van der Waals surface area (Å²) in [6.07, 6.45) is 0.643. The Morgan fingerprint density at radius 2 is 1.95 bits per heavy atom. The van der Waals surface area contributed by atoms with Crippen molar-refractivity contribution in [1.82, 2.24) is 0 Å². The number of anilines is 1. The van der Waals surface area contributed by atoms with Crippen LogP contribution in [0.15, 0.2) is 48.5 Å². The van der Waals surface area contributed by atoms with Crippen LogP contribution in [0.5, 0.6) is 5.75 Å². The Balaban J connectivity index is 2.01. The number of benzene rings is 2. The lowest BCUT2D eigenvalue weighted by Gasteiger charge is -2.16. The highest BCUT2D eigenvalue weighted by molar-refractivity contribution is 5.48. The van der Waals surface area contributed by atoms with Crippen molar-refractivity contribution in [3.63, 3.8) is 0 Å². The maximum atomic E-state index is 13.6. The predicted octanol–water partition coefficient (Wildman–Crippen LogP) is 3.88. The average Bonchev–Trinajstić information content (AvgIpc) is 2.41. The molecule has 2 aromatic carbocycles. The lowest BCUT2D eigenvalue weighted by Crippen LogP contribution is -2.18. The zero-order valence-corrected chi connectivity index (χ0v) is 11.2. The Bertz CT molecular complexity index is 542. The molecule has 0 amide bonds. The minimum absolute atomic E-state index is 0.143. The summed E-state index contributed by atoms with van der Waals surface area (Å²) in [6.45, 7) is 2.03. The number of ether oxygens (including phenoxy) is 1. The third-order valence-corrected chi connectivity index (χ3v) is 2.97. The van der Waals surface area contributed by atoms with Gasteiger partial charge in [0.1, 0.15) is 11.6 Å². The average molecular weight is 259 g/mol. The number of hydrogen-bond acceptors (Lipinski definition) is 2. The summed E-state index contributed by atoms with van der Waals surface area (Å²) in [4.78, 5) is 0. The monoisotopic (exact) mass is 259 g/mol. The molecule has 2 aromatic rings. The number of nitrogens with one attached hydrogen (secondary N) is 1. The lowest BCUT2D eigenvalue weighted by molar-refractivity contribution is 0.415. The van der Waals surface area contributed by atoms with Gasteiger partial charge in [-0.05, 0) is 37.1 Å². The van der Waals surface area contributed by atoms with Crippen molar-refractivity contribution in [3.8, 4) is 5.75 Å². The Morgan fingerprint density at radius 1 is 1.16 bits per heavy atom. The first-order chi connectivity index (χ1) is 9.19. The molecule has 0 fully saturated rings. The van der Waals surface area contributed by atoms with Crippen LogP contribution < -0.4 is 10.1 Å². The number of rotatable bonds is 5. The molecule has 0 aliphatic rings. The van der Waals surface area contributed by atoms with E-state index in [1.54, 1.807) is 13.2 Å². The van der Waals surface area contributed by atoms with Crippen molar-refractivity contribution in [2.75, 3.05) is 12.4 Å². The number of halogens is 1. The maximum absolute atomic E-state index is 13.6. The molecule has 0 saturated heterocycles. The molecule has 19 heavy (non-hydrogen) atoms.